The minimum atomic E-state index is -4.17. The van der Waals surface area contributed by atoms with Crippen LogP contribution in [0.15, 0.2) is 21.5 Å². The average molecular weight is 389 g/mol. The summed E-state index contributed by atoms with van der Waals surface area (Å²) in [5.74, 6) is -1.52. The summed E-state index contributed by atoms with van der Waals surface area (Å²) in [5, 5.41) is 2.54. The predicted molar refractivity (Wildman–Crippen MR) is 75.9 cm³/mol. The molecule has 0 saturated carbocycles. The molecular formula is C11H12BrClFNO4S. The van der Waals surface area contributed by atoms with Crippen molar-refractivity contribution in [2.24, 2.45) is 0 Å². The molecule has 0 bridgehead atoms. The van der Waals surface area contributed by atoms with E-state index in [1.807, 2.05) is 0 Å². The highest BCUT2D eigenvalue weighted by atomic mass is 79.9. The van der Waals surface area contributed by atoms with Crippen LogP contribution < -0.4 is 5.32 Å². The smallest absolute Gasteiger partial charge is 0.262 e. The monoisotopic (exact) mass is 387 g/mol. The molecular weight excluding hydrogens is 377 g/mol. The zero-order valence-electron chi connectivity index (χ0n) is 10.6. The average Bonchev–Trinajstić information content (AvgIpc) is 2.30. The number of carbonyl (C=O) groups excluding carboxylic acids is 1. The first-order valence-electron chi connectivity index (χ1n) is 5.40. The minimum Gasteiger partial charge on any atom is -0.383 e. The molecule has 0 saturated heterocycles. The predicted octanol–water partition coefficient (Wildman–Crippen LogP) is 2.28. The summed E-state index contributed by atoms with van der Waals surface area (Å²) in [6.45, 7) is 1.96. The molecule has 0 spiro atoms. The molecule has 0 aliphatic heterocycles. The van der Waals surface area contributed by atoms with Crippen LogP contribution in [0.3, 0.4) is 0 Å². The number of rotatable bonds is 5. The van der Waals surface area contributed by atoms with Crippen LogP contribution >= 0.6 is 26.6 Å². The standard InChI is InChI=1S/C11H12BrClFNO4S/c1-6(5-19-2)15-11(16)7-3-8(14)10(12)9(4-7)20(13,17)18/h3-4,6H,5H2,1-2H3,(H,15,16). The van der Waals surface area contributed by atoms with E-state index in [0.717, 1.165) is 12.1 Å². The molecule has 1 aromatic carbocycles. The van der Waals surface area contributed by atoms with Crippen LogP contribution in [0, 0.1) is 5.82 Å². The van der Waals surface area contributed by atoms with E-state index in [2.05, 4.69) is 21.2 Å². The second-order valence-corrected chi connectivity index (χ2v) is 7.37. The molecule has 1 aromatic rings. The second-order valence-electron chi connectivity index (χ2n) is 4.04. The molecule has 112 valence electrons. The fourth-order valence-corrected chi connectivity index (χ4v) is 3.56. The van der Waals surface area contributed by atoms with E-state index in [-0.39, 0.29) is 22.7 Å². The molecule has 1 rings (SSSR count). The number of amides is 1. The summed E-state index contributed by atoms with van der Waals surface area (Å²) in [6, 6.07) is 1.62. The first-order chi connectivity index (χ1) is 9.16. The molecule has 0 aliphatic rings. The fraction of sp³-hybridized carbons (Fsp3) is 0.364. The largest absolute Gasteiger partial charge is 0.383 e. The summed E-state index contributed by atoms with van der Waals surface area (Å²) in [6.07, 6.45) is 0. The lowest BCUT2D eigenvalue weighted by Crippen LogP contribution is -2.35. The lowest BCUT2D eigenvalue weighted by molar-refractivity contribution is 0.0905. The van der Waals surface area contributed by atoms with Crippen molar-refractivity contribution < 1.29 is 22.3 Å². The number of hydrogen-bond donors (Lipinski definition) is 1. The summed E-state index contributed by atoms with van der Waals surface area (Å²) in [5.41, 5.74) is -0.145. The number of benzene rings is 1. The number of carbonyl (C=O) groups is 1. The van der Waals surface area contributed by atoms with Gasteiger partial charge in [0.25, 0.3) is 15.0 Å². The number of methoxy groups -OCH3 is 1. The maximum Gasteiger partial charge on any atom is 0.262 e. The minimum absolute atomic E-state index is 0.145. The van der Waals surface area contributed by atoms with E-state index in [0.29, 0.717) is 0 Å². The molecule has 1 atom stereocenters. The van der Waals surface area contributed by atoms with Gasteiger partial charge in [-0.25, -0.2) is 12.8 Å². The Balaban J connectivity index is 3.15. The zero-order valence-corrected chi connectivity index (χ0v) is 13.8. The molecule has 1 amide bonds. The van der Waals surface area contributed by atoms with Gasteiger partial charge in [0.2, 0.25) is 0 Å². The van der Waals surface area contributed by atoms with Gasteiger partial charge in [0.15, 0.2) is 0 Å². The Bertz CT molecular complexity index is 623. The van der Waals surface area contributed by atoms with Crippen molar-refractivity contribution in [1.82, 2.24) is 5.32 Å². The van der Waals surface area contributed by atoms with Gasteiger partial charge in [0, 0.05) is 29.4 Å². The van der Waals surface area contributed by atoms with Gasteiger partial charge in [-0.05, 0) is 35.0 Å². The normalized spacial score (nSPS) is 13.1. The molecule has 1 unspecified atom stereocenters. The van der Waals surface area contributed by atoms with Gasteiger partial charge < -0.3 is 10.1 Å². The van der Waals surface area contributed by atoms with Crippen molar-refractivity contribution in [3.63, 3.8) is 0 Å². The SMILES string of the molecule is COCC(C)NC(=O)c1cc(F)c(Br)c(S(=O)(=O)Cl)c1. The lowest BCUT2D eigenvalue weighted by Gasteiger charge is -2.13. The van der Waals surface area contributed by atoms with Crippen molar-refractivity contribution >= 4 is 41.6 Å². The maximum atomic E-state index is 13.6. The fourth-order valence-electron chi connectivity index (χ4n) is 1.47. The highest BCUT2D eigenvalue weighted by Gasteiger charge is 2.21. The van der Waals surface area contributed by atoms with Crippen LogP contribution in [0.4, 0.5) is 4.39 Å². The molecule has 0 fully saturated rings. The van der Waals surface area contributed by atoms with Gasteiger partial charge in [-0.2, -0.15) is 0 Å². The molecule has 5 nitrogen and oxygen atoms in total. The summed E-state index contributed by atoms with van der Waals surface area (Å²) < 4.78 is 40.8. The highest BCUT2D eigenvalue weighted by molar-refractivity contribution is 9.10. The Morgan fingerprint density at radius 3 is 2.65 bits per heavy atom. The van der Waals surface area contributed by atoms with Gasteiger partial charge in [-0.3, -0.25) is 4.79 Å². The van der Waals surface area contributed by atoms with E-state index in [9.17, 15) is 17.6 Å². The Hall–Kier alpha value is -0.700. The zero-order chi connectivity index (χ0) is 15.5. The van der Waals surface area contributed by atoms with Gasteiger partial charge in [0.05, 0.1) is 11.1 Å². The van der Waals surface area contributed by atoms with Gasteiger partial charge in [-0.15, -0.1) is 0 Å². The van der Waals surface area contributed by atoms with Crippen LogP contribution in [0.25, 0.3) is 0 Å². The lowest BCUT2D eigenvalue weighted by atomic mass is 10.2. The summed E-state index contributed by atoms with van der Waals surface area (Å²) >= 11 is 2.78. The topological polar surface area (TPSA) is 72.5 Å². The third kappa shape index (κ3) is 4.41. The third-order valence-corrected chi connectivity index (χ3v) is 4.73. The van der Waals surface area contributed by atoms with E-state index < -0.39 is 25.7 Å². The number of ether oxygens (including phenoxy) is 1. The van der Waals surface area contributed by atoms with Crippen LogP contribution in [-0.4, -0.2) is 34.1 Å². The van der Waals surface area contributed by atoms with Gasteiger partial charge in [-0.1, -0.05) is 0 Å². The van der Waals surface area contributed by atoms with Crippen molar-refractivity contribution in [1.29, 1.82) is 0 Å². The maximum absolute atomic E-state index is 13.6. The number of nitrogens with one attached hydrogen (secondary N) is 1. The van der Waals surface area contributed by atoms with Crippen molar-refractivity contribution in [2.75, 3.05) is 13.7 Å². The first-order valence-corrected chi connectivity index (χ1v) is 8.50. The highest BCUT2D eigenvalue weighted by Crippen LogP contribution is 2.29. The quantitative estimate of drug-likeness (QED) is 0.786. The van der Waals surface area contributed by atoms with Crippen LogP contribution in [0.1, 0.15) is 17.3 Å². The van der Waals surface area contributed by atoms with E-state index >= 15 is 0 Å². The van der Waals surface area contributed by atoms with Gasteiger partial charge >= 0.3 is 0 Å². The molecule has 0 aromatic heterocycles. The number of halogens is 3. The van der Waals surface area contributed by atoms with E-state index in [4.69, 9.17) is 15.4 Å². The summed E-state index contributed by atoms with van der Waals surface area (Å²) in [7, 11) is 2.49. The van der Waals surface area contributed by atoms with E-state index in [1.54, 1.807) is 6.92 Å². The molecule has 0 heterocycles. The first kappa shape index (κ1) is 17.4. The molecule has 9 heteroatoms. The second kappa shape index (κ2) is 6.84. The van der Waals surface area contributed by atoms with Crippen molar-refractivity contribution in [3.05, 3.63) is 28.0 Å². The molecule has 0 aliphatic carbocycles. The molecule has 20 heavy (non-hydrogen) atoms. The van der Waals surface area contributed by atoms with Crippen LogP contribution in [-0.2, 0) is 13.8 Å². The molecule has 1 N–H and O–H groups in total. The Morgan fingerprint density at radius 2 is 2.15 bits per heavy atom. The Labute approximate surface area is 129 Å². The molecule has 0 radical (unpaired) electrons. The Morgan fingerprint density at radius 1 is 1.55 bits per heavy atom. The Kier molecular flexibility index (Phi) is 5.93. The summed E-state index contributed by atoms with van der Waals surface area (Å²) in [4.78, 5) is 11.4. The van der Waals surface area contributed by atoms with Crippen molar-refractivity contribution in [2.45, 2.75) is 17.9 Å². The third-order valence-electron chi connectivity index (χ3n) is 2.31. The van der Waals surface area contributed by atoms with Crippen LogP contribution in [0.2, 0.25) is 0 Å². The van der Waals surface area contributed by atoms with Crippen LogP contribution in [0.5, 0.6) is 0 Å². The van der Waals surface area contributed by atoms with Gasteiger partial charge in [0.1, 0.15) is 10.7 Å². The van der Waals surface area contributed by atoms with Crippen molar-refractivity contribution in [3.8, 4) is 0 Å². The number of hydrogen-bond acceptors (Lipinski definition) is 4. The van der Waals surface area contributed by atoms with E-state index in [1.165, 1.54) is 7.11 Å².